The van der Waals surface area contributed by atoms with Crippen LogP contribution >= 0.6 is 0 Å². The summed E-state index contributed by atoms with van der Waals surface area (Å²) in [6, 6.07) is 8.31. The van der Waals surface area contributed by atoms with Crippen LogP contribution in [0.25, 0.3) is 0 Å². The van der Waals surface area contributed by atoms with Gasteiger partial charge >= 0.3 is 0 Å². The second-order valence-electron chi connectivity index (χ2n) is 7.50. The van der Waals surface area contributed by atoms with E-state index in [9.17, 15) is 9.18 Å². The van der Waals surface area contributed by atoms with E-state index in [4.69, 9.17) is 9.47 Å². The quantitative estimate of drug-likeness (QED) is 0.917. The molecule has 1 aromatic carbocycles. The molecule has 2 aliphatic carbocycles. The summed E-state index contributed by atoms with van der Waals surface area (Å²) in [6.07, 6.45) is 4.26. The minimum atomic E-state index is -0.365. The molecule has 1 aromatic heterocycles. The second kappa shape index (κ2) is 5.19. The van der Waals surface area contributed by atoms with Gasteiger partial charge in [-0.2, -0.15) is 0 Å². The van der Waals surface area contributed by atoms with Gasteiger partial charge < -0.3 is 14.8 Å². The predicted octanol–water partition coefficient (Wildman–Crippen LogP) is 2.68. The number of methoxy groups -OCH3 is 1. The number of halogens is 1. The number of benzene rings is 1. The number of hydrogen-bond acceptors (Lipinski definition) is 4. The zero-order valence-electron chi connectivity index (χ0n) is 14.4. The maximum absolute atomic E-state index is 13.7. The molecular formula is C20H19FN2O3. The first-order valence-corrected chi connectivity index (χ1v) is 8.82. The first-order valence-electron chi connectivity index (χ1n) is 8.82. The van der Waals surface area contributed by atoms with E-state index in [0.29, 0.717) is 24.7 Å². The first-order chi connectivity index (χ1) is 12.6. The number of nitrogens with zero attached hydrogens (tertiary/aromatic N) is 1. The van der Waals surface area contributed by atoms with Crippen molar-refractivity contribution >= 4 is 5.91 Å². The molecule has 0 saturated heterocycles. The second-order valence-corrected chi connectivity index (χ2v) is 7.50. The Hall–Kier alpha value is -2.63. The van der Waals surface area contributed by atoms with Crippen LogP contribution in [0.1, 0.15) is 30.4 Å². The van der Waals surface area contributed by atoms with Crippen LogP contribution in [0.15, 0.2) is 36.5 Å². The number of nitrogens with one attached hydrogen (secondary N) is 1. The Morgan fingerprint density at radius 2 is 2.19 bits per heavy atom. The maximum atomic E-state index is 13.7. The van der Waals surface area contributed by atoms with Crippen LogP contribution in [0, 0.1) is 11.7 Å². The molecule has 2 unspecified atom stereocenters. The van der Waals surface area contributed by atoms with Crippen molar-refractivity contribution in [3.63, 3.8) is 0 Å². The lowest BCUT2D eigenvalue weighted by molar-refractivity contribution is -0.123. The molecule has 0 radical (unpaired) electrons. The molecule has 1 amide bonds. The zero-order valence-corrected chi connectivity index (χ0v) is 14.4. The van der Waals surface area contributed by atoms with Crippen LogP contribution in [-0.4, -0.2) is 24.6 Å². The third kappa shape index (κ3) is 2.21. The first kappa shape index (κ1) is 15.6. The molecule has 6 heteroatoms. The van der Waals surface area contributed by atoms with Crippen LogP contribution < -0.4 is 14.8 Å². The largest absolute Gasteiger partial charge is 0.492 e. The molecule has 2 fully saturated rings. The van der Waals surface area contributed by atoms with Gasteiger partial charge in [0.2, 0.25) is 11.8 Å². The summed E-state index contributed by atoms with van der Waals surface area (Å²) in [7, 11) is 1.58. The van der Waals surface area contributed by atoms with Crippen molar-refractivity contribution in [2.75, 3.05) is 13.7 Å². The van der Waals surface area contributed by atoms with Crippen molar-refractivity contribution in [2.24, 2.45) is 5.92 Å². The minimum absolute atomic E-state index is 0.0130. The highest BCUT2D eigenvalue weighted by atomic mass is 19.1. The van der Waals surface area contributed by atoms with E-state index in [2.05, 4.69) is 10.3 Å². The fourth-order valence-electron chi connectivity index (χ4n) is 4.13. The summed E-state index contributed by atoms with van der Waals surface area (Å²) >= 11 is 0. The van der Waals surface area contributed by atoms with Gasteiger partial charge in [0.05, 0.1) is 25.2 Å². The molecule has 134 valence electrons. The van der Waals surface area contributed by atoms with E-state index in [-0.39, 0.29) is 28.6 Å². The van der Waals surface area contributed by atoms with Gasteiger partial charge in [-0.15, -0.1) is 0 Å². The number of fused-ring (bicyclic) bond motifs is 2. The molecule has 0 bridgehead atoms. The van der Waals surface area contributed by atoms with Gasteiger partial charge in [-0.25, -0.2) is 9.37 Å². The van der Waals surface area contributed by atoms with Crippen LogP contribution in [-0.2, 0) is 15.7 Å². The smallest absolute Gasteiger partial charge is 0.224 e. The van der Waals surface area contributed by atoms with Gasteiger partial charge in [0.15, 0.2) is 0 Å². The number of aromatic nitrogens is 1. The third-order valence-corrected chi connectivity index (χ3v) is 5.97. The number of amides is 1. The summed E-state index contributed by atoms with van der Waals surface area (Å²) in [4.78, 5) is 17.2. The number of carbonyl (C=O) groups excluding carboxylic acids is 1. The lowest BCUT2D eigenvalue weighted by Gasteiger charge is -2.19. The van der Waals surface area contributed by atoms with Gasteiger partial charge in [-0.3, -0.25) is 4.79 Å². The normalized spacial score (nSPS) is 26.8. The fourth-order valence-corrected chi connectivity index (χ4v) is 4.13. The third-order valence-electron chi connectivity index (χ3n) is 5.97. The van der Waals surface area contributed by atoms with Crippen molar-refractivity contribution in [3.8, 4) is 11.6 Å². The Bertz CT molecular complexity index is 894. The maximum Gasteiger partial charge on any atom is 0.224 e. The SMILES string of the molecule is COc1ccc(C2(NC(=O)C3CC34COc3ccc(F)cc34)CC2)cn1. The average Bonchev–Trinajstić information content (AvgIpc) is 3.54. The molecule has 5 nitrogen and oxygen atoms in total. The van der Waals surface area contributed by atoms with Gasteiger partial charge in [-0.05, 0) is 49.1 Å². The van der Waals surface area contributed by atoms with Crippen molar-refractivity contribution in [1.29, 1.82) is 0 Å². The highest BCUT2D eigenvalue weighted by Gasteiger charge is 2.64. The Balaban J connectivity index is 1.34. The van der Waals surface area contributed by atoms with Crippen LogP contribution in [0.3, 0.4) is 0 Å². The van der Waals surface area contributed by atoms with Gasteiger partial charge in [-0.1, -0.05) is 0 Å². The molecule has 1 spiro atoms. The van der Waals surface area contributed by atoms with Crippen LogP contribution in [0.4, 0.5) is 4.39 Å². The van der Waals surface area contributed by atoms with Gasteiger partial charge in [0.25, 0.3) is 0 Å². The van der Waals surface area contributed by atoms with Crippen molar-refractivity contribution in [2.45, 2.75) is 30.2 Å². The molecule has 3 aliphatic rings. The van der Waals surface area contributed by atoms with E-state index in [0.717, 1.165) is 24.0 Å². The number of ether oxygens (including phenoxy) is 2. The average molecular weight is 354 g/mol. The summed E-state index contributed by atoms with van der Waals surface area (Å²) in [5, 5.41) is 3.21. The monoisotopic (exact) mass is 354 g/mol. The van der Waals surface area contributed by atoms with Crippen LogP contribution in [0.2, 0.25) is 0 Å². The van der Waals surface area contributed by atoms with E-state index in [1.165, 1.54) is 12.1 Å². The molecule has 1 aliphatic heterocycles. The lowest BCUT2D eigenvalue weighted by Crippen LogP contribution is -2.37. The fraction of sp³-hybridized carbons (Fsp3) is 0.400. The number of pyridine rings is 1. The Morgan fingerprint density at radius 3 is 2.88 bits per heavy atom. The van der Waals surface area contributed by atoms with Crippen molar-refractivity contribution in [1.82, 2.24) is 10.3 Å². The molecule has 2 aromatic rings. The predicted molar refractivity (Wildman–Crippen MR) is 91.5 cm³/mol. The van der Waals surface area contributed by atoms with Crippen LogP contribution in [0.5, 0.6) is 11.6 Å². The summed E-state index contributed by atoms with van der Waals surface area (Å²) < 4.78 is 24.4. The highest BCUT2D eigenvalue weighted by molar-refractivity contribution is 5.86. The minimum Gasteiger partial charge on any atom is -0.492 e. The Labute approximate surface area is 150 Å². The van der Waals surface area contributed by atoms with E-state index in [1.807, 2.05) is 12.1 Å². The van der Waals surface area contributed by atoms with E-state index >= 15 is 0 Å². The number of rotatable bonds is 4. The van der Waals surface area contributed by atoms with Gasteiger partial charge in [0.1, 0.15) is 11.6 Å². The summed E-state index contributed by atoms with van der Waals surface area (Å²) in [6.45, 7) is 0.445. The molecule has 5 rings (SSSR count). The number of hydrogen-bond donors (Lipinski definition) is 1. The lowest BCUT2D eigenvalue weighted by atomic mass is 9.95. The molecular weight excluding hydrogens is 335 g/mol. The number of carbonyl (C=O) groups is 1. The molecule has 2 saturated carbocycles. The Kier molecular flexibility index (Phi) is 3.12. The molecule has 1 N–H and O–H groups in total. The molecule has 2 atom stereocenters. The standard InChI is InChI=1S/C20H19FN2O3/c1-25-17-5-2-12(10-22-17)20(6-7-20)23-18(24)15-9-19(15)11-26-16-4-3-13(21)8-14(16)19/h2-5,8,10,15H,6-7,9,11H2,1H3,(H,23,24). The van der Waals surface area contributed by atoms with E-state index < -0.39 is 0 Å². The zero-order chi connectivity index (χ0) is 17.9. The Morgan fingerprint density at radius 1 is 1.35 bits per heavy atom. The van der Waals surface area contributed by atoms with Crippen molar-refractivity contribution in [3.05, 3.63) is 53.5 Å². The van der Waals surface area contributed by atoms with Crippen molar-refractivity contribution < 1.29 is 18.7 Å². The highest BCUT2D eigenvalue weighted by Crippen LogP contribution is 2.61. The summed E-state index contributed by atoms with van der Waals surface area (Å²) in [5.74, 6) is 0.803. The topological polar surface area (TPSA) is 60.5 Å². The molecule has 26 heavy (non-hydrogen) atoms. The summed E-state index contributed by atoms with van der Waals surface area (Å²) in [5.41, 5.74) is 1.13. The van der Waals surface area contributed by atoms with Gasteiger partial charge in [0, 0.05) is 23.2 Å². The van der Waals surface area contributed by atoms with E-state index in [1.54, 1.807) is 19.4 Å². The molecule has 2 heterocycles.